The van der Waals surface area contributed by atoms with Crippen molar-refractivity contribution in [3.63, 3.8) is 0 Å². The first-order chi connectivity index (χ1) is 6.92. The molecule has 2 aromatic rings. The van der Waals surface area contributed by atoms with Crippen LogP contribution >= 0.6 is 11.3 Å². The van der Waals surface area contributed by atoms with E-state index in [1.807, 2.05) is 18.3 Å². The molecule has 0 radical (unpaired) electrons. The number of anilines is 1. The van der Waals surface area contributed by atoms with Gasteiger partial charge in [0, 0.05) is 12.2 Å². The van der Waals surface area contributed by atoms with Crippen LogP contribution in [0.3, 0.4) is 0 Å². The van der Waals surface area contributed by atoms with Crippen molar-refractivity contribution >= 4 is 26.8 Å². The number of fused-ring (bicyclic) bond motifs is 1. The minimum atomic E-state index is 0.649. The van der Waals surface area contributed by atoms with Crippen molar-refractivity contribution in [1.29, 1.82) is 0 Å². The summed E-state index contributed by atoms with van der Waals surface area (Å²) in [6, 6.07) is 4.58. The first-order valence-corrected chi connectivity index (χ1v) is 5.71. The quantitative estimate of drug-likeness (QED) is 0.819. The predicted octanol–water partition coefficient (Wildman–Crippen LogP) is 2.66. The summed E-state index contributed by atoms with van der Waals surface area (Å²) < 4.78 is 0. The fourth-order valence-electron chi connectivity index (χ4n) is 1.56. The van der Waals surface area contributed by atoms with Gasteiger partial charge in [0.05, 0.1) is 0 Å². The highest BCUT2D eigenvalue weighted by atomic mass is 32.1. The Bertz CT molecular complexity index is 414. The molecular formula is C10H11N3S. The van der Waals surface area contributed by atoms with E-state index in [0.29, 0.717) is 6.04 Å². The van der Waals surface area contributed by atoms with Crippen molar-refractivity contribution in [2.75, 3.05) is 5.32 Å². The molecule has 0 saturated heterocycles. The number of rotatable bonds is 2. The van der Waals surface area contributed by atoms with Crippen molar-refractivity contribution in [3.8, 4) is 0 Å². The van der Waals surface area contributed by atoms with Crippen LogP contribution in [0.1, 0.15) is 19.3 Å². The standard InChI is InChI=1S/C10H11N3S/c1-3-7(4-1)12-10-13-8-5-2-6-11-9(8)14-10/h2,5-7H,1,3-4H2,(H,12,13). The van der Waals surface area contributed by atoms with E-state index in [2.05, 4.69) is 15.3 Å². The van der Waals surface area contributed by atoms with Crippen LogP contribution in [0, 0.1) is 0 Å². The van der Waals surface area contributed by atoms with Gasteiger partial charge in [-0.15, -0.1) is 0 Å². The molecule has 0 atom stereocenters. The number of nitrogens with zero attached hydrogens (tertiary/aromatic N) is 2. The van der Waals surface area contributed by atoms with Gasteiger partial charge in [-0.3, -0.25) is 0 Å². The topological polar surface area (TPSA) is 37.8 Å². The predicted molar refractivity (Wildman–Crippen MR) is 58.7 cm³/mol. The number of hydrogen-bond donors (Lipinski definition) is 1. The van der Waals surface area contributed by atoms with E-state index in [9.17, 15) is 0 Å². The molecule has 4 heteroatoms. The second-order valence-corrected chi connectivity index (χ2v) is 4.60. The van der Waals surface area contributed by atoms with E-state index in [0.717, 1.165) is 15.5 Å². The number of thiazole rings is 1. The minimum Gasteiger partial charge on any atom is -0.359 e. The van der Waals surface area contributed by atoms with E-state index in [1.54, 1.807) is 11.3 Å². The van der Waals surface area contributed by atoms with Gasteiger partial charge in [0.15, 0.2) is 5.13 Å². The Hall–Kier alpha value is -1.16. The molecule has 14 heavy (non-hydrogen) atoms. The molecule has 72 valence electrons. The lowest BCUT2D eigenvalue weighted by molar-refractivity contribution is 0.445. The van der Waals surface area contributed by atoms with Crippen molar-refractivity contribution in [3.05, 3.63) is 18.3 Å². The molecule has 0 amide bonds. The molecule has 1 N–H and O–H groups in total. The van der Waals surface area contributed by atoms with E-state index in [4.69, 9.17) is 0 Å². The summed E-state index contributed by atoms with van der Waals surface area (Å²) in [6.45, 7) is 0. The molecule has 1 aliphatic rings. The second-order valence-electron chi connectivity index (χ2n) is 3.62. The van der Waals surface area contributed by atoms with Crippen molar-refractivity contribution < 1.29 is 0 Å². The molecule has 1 fully saturated rings. The molecule has 0 aliphatic heterocycles. The van der Waals surface area contributed by atoms with Gasteiger partial charge in [0.25, 0.3) is 0 Å². The minimum absolute atomic E-state index is 0.649. The Kier molecular flexibility index (Phi) is 1.87. The Labute approximate surface area is 86.2 Å². The molecule has 1 aliphatic carbocycles. The fraction of sp³-hybridized carbons (Fsp3) is 0.400. The molecule has 3 rings (SSSR count). The molecule has 0 aromatic carbocycles. The Morgan fingerprint density at radius 1 is 1.43 bits per heavy atom. The third-order valence-electron chi connectivity index (χ3n) is 2.60. The molecule has 1 saturated carbocycles. The van der Waals surface area contributed by atoms with E-state index < -0.39 is 0 Å². The van der Waals surface area contributed by atoms with E-state index in [1.165, 1.54) is 19.3 Å². The van der Waals surface area contributed by atoms with Crippen LogP contribution in [0.4, 0.5) is 5.13 Å². The first kappa shape index (κ1) is 8.17. The monoisotopic (exact) mass is 205 g/mol. The van der Waals surface area contributed by atoms with Crippen molar-refractivity contribution in [2.24, 2.45) is 0 Å². The zero-order chi connectivity index (χ0) is 9.38. The van der Waals surface area contributed by atoms with Gasteiger partial charge < -0.3 is 5.32 Å². The molecule has 0 bridgehead atoms. The van der Waals surface area contributed by atoms with Crippen LogP contribution in [0.25, 0.3) is 10.3 Å². The molecule has 0 unspecified atom stereocenters. The van der Waals surface area contributed by atoms with Crippen LogP contribution in [0.15, 0.2) is 18.3 Å². The van der Waals surface area contributed by atoms with Crippen LogP contribution < -0.4 is 5.32 Å². The molecule has 0 spiro atoms. The number of nitrogens with one attached hydrogen (secondary N) is 1. The number of aromatic nitrogens is 2. The van der Waals surface area contributed by atoms with Gasteiger partial charge in [-0.05, 0) is 31.4 Å². The smallest absolute Gasteiger partial charge is 0.185 e. The summed E-state index contributed by atoms with van der Waals surface area (Å²) >= 11 is 1.64. The van der Waals surface area contributed by atoms with Crippen LogP contribution in [-0.4, -0.2) is 16.0 Å². The molecule has 2 aromatic heterocycles. The zero-order valence-corrected chi connectivity index (χ0v) is 8.55. The summed E-state index contributed by atoms with van der Waals surface area (Å²) in [7, 11) is 0. The van der Waals surface area contributed by atoms with Crippen LogP contribution in [0.5, 0.6) is 0 Å². The van der Waals surface area contributed by atoms with Gasteiger partial charge in [0.2, 0.25) is 0 Å². The molecule has 2 heterocycles. The van der Waals surface area contributed by atoms with E-state index >= 15 is 0 Å². The third-order valence-corrected chi connectivity index (χ3v) is 3.51. The van der Waals surface area contributed by atoms with Crippen LogP contribution in [0.2, 0.25) is 0 Å². The lowest BCUT2D eigenvalue weighted by Crippen LogP contribution is -2.26. The van der Waals surface area contributed by atoms with Gasteiger partial charge in [-0.2, -0.15) is 0 Å². The largest absolute Gasteiger partial charge is 0.359 e. The Morgan fingerprint density at radius 2 is 2.36 bits per heavy atom. The van der Waals surface area contributed by atoms with Gasteiger partial charge in [-0.25, -0.2) is 9.97 Å². The average molecular weight is 205 g/mol. The zero-order valence-electron chi connectivity index (χ0n) is 7.73. The SMILES string of the molecule is c1cnc2sc(NC3CCC3)nc2c1. The van der Waals surface area contributed by atoms with Gasteiger partial charge in [0.1, 0.15) is 10.3 Å². The number of pyridine rings is 1. The van der Waals surface area contributed by atoms with Crippen molar-refractivity contribution in [2.45, 2.75) is 25.3 Å². The second kappa shape index (κ2) is 3.20. The summed E-state index contributed by atoms with van der Waals surface area (Å²) in [5, 5.41) is 4.45. The maximum atomic E-state index is 4.48. The highest BCUT2D eigenvalue weighted by Gasteiger charge is 2.18. The Balaban J connectivity index is 1.89. The summed E-state index contributed by atoms with van der Waals surface area (Å²) in [5.41, 5.74) is 0.999. The maximum absolute atomic E-state index is 4.48. The highest BCUT2D eigenvalue weighted by Crippen LogP contribution is 2.28. The normalized spacial score (nSPS) is 16.9. The fourth-order valence-corrected chi connectivity index (χ4v) is 2.44. The summed E-state index contributed by atoms with van der Waals surface area (Å²) in [5.74, 6) is 0. The van der Waals surface area contributed by atoms with E-state index in [-0.39, 0.29) is 0 Å². The third kappa shape index (κ3) is 1.35. The lowest BCUT2D eigenvalue weighted by atomic mass is 9.93. The summed E-state index contributed by atoms with van der Waals surface area (Å²) in [6.07, 6.45) is 5.72. The maximum Gasteiger partial charge on any atom is 0.185 e. The van der Waals surface area contributed by atoms with Gasteiger partial charge >= 0.3 is 0 Å². The summed E-state index contributed by atoms with van der Waals surface area (Å²) in [4.78, 5) is 9.77. The highest BCUT2D eigenvalue weighted by molar-refractivity contribution is 7.21. The van der Waals surface area contributed by atoms with Crippen molar-refractivity contribution in [1.82, 2.24) is 9.97 Å². The lowest BCUT2D eigenvalue weighted by Gasteiger charge is -2.25. The van der Waals surface area contributed by atoms with Crippen LogP contribution in [-0.2, 0) is 0 Å². The average Bonchev–Trinajstić information content (AvgIpc) is 2.53. The molecule has 3 nitrogen and oxygen atoms in total. The van der Waals surface area contributed by atoms with Gasteiger partial charge in [-0.1, -0.05) is 11.3 Å². The Morgan fingerprint density at radius 3 is 3.07 bits per heavy atom. The molecular weight excluding hydrogens is 194 g/mol. The number of hydrogen-bond acceptors (Lipinski definition) is 4. The first-order valence-electron chi connectivity index (χ1n) is 4.90.